The summed E-state index contributed by atoms with van der Waals surface area (Å²) in [5, 5.41) is 0. The second-order valence-electron chi connectivity index (χ2n) is 6.58. The summed E-state index contributed by atoms with van der Waals surface area (Å²) in [6.45, 7) is 12.0. The summed E-state index contributed by atoms with van der Waals surface area (Å²) in [5.74, 6) is 0.988. The van der Waals surface area contributed by atoms with E-state index in [9.17, 15) is 0 Å². The SMILES string of the molecule is CC(C)N1C(C(C)(C)C)[C@H]2CC[C@@H]1C2. The van der Waals surface area contributed by atoms with Crippen molar-refractivity contribution in [2.24, 2.45) is 11.3 Å². The minimum atomic E-state index is 0.462. The van der Waals surface area contributed by atoms with E-state index in [4.69, 9.17) is 0 Å². The molecule has 0 N–H and O–H groups in total. The van der Waals surface area contributed by atoms with Gasteiger partial charge < -0.3 is 0 Å². The topological polar surface area (TPSA) is 3.24 Å². The maximum atomic E-state index is 2.80. The molecule has 0 radical (unpaired) electrons. The molecule has 1 saturated carbocycles. The normalized spacial score (nSPS) is 38.6. The lowest BCUT2D eigenvalue weighted by Gasteiger charge is -2.45. The van der Waals surface area contributed by atoms with Gasteiger partial charge in [-0.1, -0.05) is 20.8 Å². The Labute approximate surface area is 88.9 Å². The van der Waals surface area contributed by atoms with Crippen LogP contribution in [0.1, 0.15) is 53.9 Å². The van der Waals surface area contributed by atoms with E-state index in [1.54, 1.807) is 0 Å². The highest BCUT2D eigenvalue weighted by Crippen LogP contribution is 2.49. The molecule has 1 heteroatoms. The van der Waals surface area contributed by atoms with E-state index in [0.29, 0.717) is 5.41 Å². The van der Waals surface area contributed by atoms with E-state index in [1.165, 1.54) is 19.3 Å². The van der Waals surface area contributed by atoms with Crippen LogP contribution in [0.15, 0.2) is 0 Å². The summed E-state index contributed by atoms with van der Waals surface area (Å²) in [6.07, 6.45) is 4.41. The van der Waals surface area contributed by atoms with Gasteiger partial charge in [0.05, 0.1) is 0 Å². The molecule has 2 aliphatic rings. The Bertz CT molecular complexity index is 214. The van der Waals surface area contributed by atoms with Gasteiger partial charge in [-0.15, -0.1) is 0 Å². The van der Waals surface area contributed by atoms with Gasteiger partial charge in [-0.3, -0.25) is 4.90 Å². The van der Waals surface area contributed by atoms with E-state index in [-0.39, 0.29) is 0 Å². The van der Waals surface area contributed by atoms with Crippen molar-refractivity contribution in [3.05, 3.63) is 0 Å². The standard InChI is InChI=1S/C13H25N/c1-9(2)14-11-7-6-10(8-11)12(14)13(3,4)5/h9-12H,6-8H2,1-5H3/t10-,11+,12?/m0/s1. The third-order valence-electron chi connectivity index (χ3n) is 4.12. The molecule has 2 bridgehead atoms. The van der Waals surface area contributed by atoms with Crippen LogP contribution >= 0.6 is 0 Å². The first-order valence-electron chi connectivity index (χ1n) is 6.18. The predicted octanol–water partition coefficient (Wildman–Crippen LogP) is 3.29. The third-order valence-corrected chi connectivity index (χ3v) is 4.12. The van der Waals surface area contributed by atoms with Gasteiger partial charge in [-0.2, -0.15) is 0 Å². The smallest absolute Gasteiger partial charge is 0.0178 e. The van der Waals surface area contributed by atoms with E-state index >= 15 is 0 Å². The van der Waals surface area contributed by atoms with Gasteiger partial charge in [-0.25, -0.2) is 0 Å². The van der Waals surface area contributed by atoms with E-state index in [0.717, 1.165) is 24.0 Å². The zero-order valence-corrected chi connectivity index (χ0v) is 10.4. The molecule has 0 aromatic rings. The molecule has 3 atom stereocenters. The summed E-state index contributed by atoms with van der Waals surface area (Å²) in [5.41, 5.74) is 0.462. The van der Waals surface area contributed by atoms with Gasteiger partial charge in [0.15, 0.2) is 0 Å². The van der Waals surface area contributed by atoms with Gasteiger partial charge in [0.1, 0.15) is 0 Å². The molecular weight excluding hydrogens is 170 g/mol. The molecule has 1 aliphatic heterocycles. The second kappa shape index (κ2) is 3.23. The quantitative estimate of drug-likeness (QED) is 0.620. The van der Waals surface area contributed by atoms with Crippen molar-refractivity contribution in [1.29, 1.82) is 0 Å². The Hall–Kier alpha value is -0.0400. The van der Waals surface area contributed by atoms with Gasteiger partial charge in [0.2, 0.25) is 0 Å². The number of rotatable bonds is 1. The summed E-state index contributed by atoms with van der Waals surface area (Å²) < 4.78 is 0. The van der Waals surface area contributed by atoms with Gasteiger partial charge >= 0.3 is 0 Å². The molecular formula is C13H25N. The zero-order valence-electron chi connectivity index (χ0n) is 10.4. The van der Waals surface area contributed by atoms with Crippen molar-refractivity contribution < 1.29 is 0 Å². The highest BCUT2D eigenvalue weighted by Gasteiger charge is 2.50. The van der Waals surface area contributed by atoms with E-state index in [1.807, 2.05) is 0 Å². The Kier molecular flexibility index (Phi) is 2.42. The minimum absolute atomic E-state index is 0.462. The van der Waals surface area contributed by atoms with Crippen molar-refractivity contribution in [2.45, 2.75) is 72.0 Å². The fourth-order valence-electron chi connectivity index (χ4n) is 3.92. The molecule has 1 saturated heterocycles. The maximum Gasteiger partial charge on any atom is 0.0178 e. The summed E-state index contributed by atoms with van der Waals surface area (Å²) in [6, 6.07) is 2.47. The molecule has 1 heterocycles. The van der Waals surface area contributed by atoms with Crippen molar-refractivity contribution in [3.8, 4) is 0 Å². The molecule has 1 nitrogen and oxygen atoms in total. The Balaban J connectivity index is 2.22. The average molecular weight is 195 g/mol. The van der Waals surface area contributed by atoms with Crippen LogP contribution < -0.4 is 0 Å². The monoisotopic (exact) mass is 195 g/mol. The number of nitrogens with zero attached hydrogens (tertiary/aromatic N) is 1. The summed E-state index contributed by atoms with van der Waals surface area (Å²) >= 11 is 0. The molecule has 0 amide bonds. The maximum absolute atomic E-state index is 2.80. The number of hydrogen-bond donors (Lipinski definition) is 0. The number of fused-ring (bicyclic) bond motifs is 2. The van der Waals surface area contributed by atoms with Gasteiger partial charge in [0, 0.05) is 18.1 Å². The Morgan fingerprint density at radius 3 is 2.21 bits per heavy atom. The zero-order chi connectivity index (χ0) is 10.5. The van der Waals surface area contributed by atoms with Crippen LogP contribution in [0.25, 0.3) is 0 Å². The number of piperidine rings is 1. The molecule has 2 fully saturated rings. The molecule has 0 aromatic heterocycles. The lowest BCUT2D eigenvalue weighted by Crippen LogP contribution is -2.51. The van der Waals surface area contributed by atoms with Crippen LogP contribution in [-0.2, 0) is 0 Å². The molecule has 0 aromatic carbocycles. The highest BCUT2D eigenvalue weighted by molar-refractivity contribution is 5.04. The van der Waals surface area contributed by atoms with E-state index in [2.05, 4.69) is 39.5 Å². The fourth-order valence-corrected chi connectivity index (χ4v) is 3.92. The van der Waals surface area contributed by atoms with Crippen LogP contribution in [-0.4, -0.2) is 23.0 Å². The first-order chi connectivity index (χ1) is 6.41. The lowest BCUT2D eigenvalue weighted by atomic mass is 9.78. The van der Waals surface area contributed by atoms with Gasteiger partial charge in [-0.05, 0) is 44.4 Å². The highest BCUT2D eigenvalue weighted by atomic mass is 15.3. The fraction of sp³-hybridized carbons (Fsp3) is 1.00. The summed E-state index contributed by atoms with van der Waals surface area (Å²) in [4.78, 5) is 2.80. The molecule has 2 rings (SSSR count). The minimum Gasteiger partial charge on any atom is -0.294 e. The van der Waals surface area contributed by atoms with Crippen LogP contribution in [0.5, 0.6) is 0 Å². The number of likely N-dealkylation sites (tertiary alicyclic amines) is 1. The van der Waals surface area contributed by atoms with Crippen LogP contribution in [0, 0.1) is 11.3 Å². The first kappa shape index (κ1) is 10.5. The van der Waals surface area contributed by atoms with Crippen molar-refractivity contribution >= 4 is 0 Å². The molecule has 14 heavy (non-hydrogen) atoms. The number of hydrogen-bond acceptors (Lipinski definition) is 1. The molecule has 1 unspecified atom stereocenters. The third kappa shape index (κ3) is 1.50. The van der Waals surface area contributed by atoms with Crippen molar-refractivity contribution in [3.63, 3.8) is 0 Å². The van der Waals surface area contributed by atoms with Gasteiger partial charge in [0.25, 0.3) is 0 Å². The van der Waals surface area contributed by atoms with Crippen molar-refractivity contribution in [1.82, 2.24) is 4.90 Å². The largest absolute Gasteiger partial charge is 0.294 e. The van der Waals surface area contributed by atoms with Crippen LogP contribution in [0.3, 0.4) is 0 Å². The average Bonchev–Trinajstić information content (AvgIpc) is 2.58. The van der Waals surface area contributed by atoms with Crippen LogP contribution in [0.2, 0.25) is 0 Å². The predicted molar refractivity (Wildman–Crippen MR) is 61.3 cm³/mol. The first-order valence-corrected chi connectivity index (χ1v) is 6.18. The van der Waals surface area contributed by atoms with Crippen LogP contribution in [0.4, 0.5) is 0 Å². The Morgan fingerprint density at radius 2 is 1.79 bits per heavy atom. The Morgan fingerprint density at radius 1 is 1.14 bits per heavy atom. The van der Waals surface area contributed by atoms with Crippen molar-refractivity contribution in [2.75, 3.05) is 0 Å². The molecule has 82 valence electrons. The molecule has 0 spiro atoms. The second-order valence-corrected chi connectivity index (χ2v) is 6.58. The lowest BCUT2D eigenvalue weighted by molar-refractivity contribution is 0.0327. The molecule has 1 aliphatic carbocycles. The summed E-state index contributed by atoms with van der Waals surface area (Å²) in [7, 11) is 0. The van der Waals surface area contributed by atoms with E-state index < -0.39 is 0 Å².